The Morgan fingerprint density at radius 1 is 1.11 bits per heavy atom. The number of likely N-dealkylation sites (N-methyl/N-ethyl adjacent to an activating group) is 1. The van der Waals surface area contributed by atoms with Crippen LogP contribution in [0.4, 0.5) is 5.69 Å². The molecular formula is C21H25Cl2N3O2. The summed E-state index contributed by atoms with van der Waals surface area (Å²) < 4.78 is 0. The Morgan fingerprint density at radius 2 is 1.75 bits per heavy atom. The lowest BCUT2D eigenvalue weighted by Gasteiger charge is -2.24. The summed E-state index contributed by atoms with van der Waals surface area (Å²) in [5.41, 5.74) is 3.62. The molecule has 0 aliphatic carbocycles. The highest BCUT2D eigenvalue weighted by atomic mass is 35.5. The number of anilines is 1. The first kappa shape index (κ1) is 22.2. The van der Waals surface area contributed by atoms with Gasteiger partial charge in [0.25, 0.3) is 0 Å². The van der Waals surface area contributed by atoms with Gasteiger partial charge in [-0.3, -0.25) is 14.5 Å². The standard InChI is InChI=1S/C21H25Cl2N3O2/c1-13-6-5-7-14(2)20(13)25-19(27)11-24-21(28)15(3)26(4)12-16-8-9-17(22)10-18(16)23/h5-10,15H,11-12H2,1-4H3,(H,24,28)(H,25,27). The van der Waals surface area contributed by atoms with Gasteiger partial charge in [0.05, 0.1) is 12.6 Å². The van der Waals surface area contributed by atoms with Crippen molar-refractivity contribution >= 4 is 40.7 Å². The van der Waals surface area contributed by atoms with Crippen LogP contribution in [0.1, 0.15) is 23.6 Å². The van der Waals surface area contributed by atoms with E-state index in [-0.39, 0.29) is 18.4 Å². The van der Waals surface area contributed by atoms with E-state index in [4.69, 9.17) is 23.2 Å². The molecule has 2 aromatic rings. The van der Waals surface area contributed by atoms with Crippen LogP contribution in [0.3, 0.4) is 0 Å². The van der Waals surface area contributed by atoms with Gasteiger partial charge >= 0.3 is 0 Å². The number of amides is 2. The molecule has 0 aliphatic rings. The van der Waals surface area contributed by atoms with Crippen LogP contribution < -0.4 is 10.6 Å². The molecule has 150 valence electrons. The fourth-order valence-corrected chi connectivity index (χ4v) is 3.23. The monoisotopic (exact) mass is 421 g/mol. The van der Waals surface area contributed by atoms with Crippen molar-refractivity contribution in [1.29, 1.82) is 0 Å². The Balaban J connectivity index is 1.88. The minimum absolute atomic E-state index is 0.0908. The Hall–Kier alpha value is -2.08. The summed E-state index contributed by atoms with van der Waals surface area (Å²) in [5.74, 6) is -0.495. The molecule has 0 radical (unpaired) electrons. The third kappa shape index (κ3) is 5.96. The van der Waals surface area contributed by atoms with Gasteiger partial charge < -0.3 is 10.6 Å². The lowest BCUT2D eigenvalue weighted by molar-refractivity contribution is -0.127. The molecule has 2 aromatic carbocycles. The number of benzene rings is 2. The molecule has 1 unspecified atom stereocenters. The van der Waals surface area contributed by atoms with E-state index in [1.54, 1.807) is 19.1 Å². The second kappa shape index (κ2) is 9.92. The number of halogens is 2. The summed E-state index contributed by atoms with van der Waals surface area (Å²) in [6.07, 6.45) is 0. The molecule has 0 aromatic heterocycles. The molecule has 0 heterocycles. The predicted octanol–water partition coefficient (Wildman–Crippen LogP) is 4.19. The van der Waals surface area contributed by atoms with E-state index < -0.39 is 6.04 Å². The maximum Gasteiger partial charge on any atom is 0.243 e. The van der Waals surface area contributed by atoms with Crippen LogP contribution in [0.2, 0.25) is 10.0 Å². The molecule has 28 heavy (non-hydrogen) atoms. The molecule has 0 saturated carbocycles. The van der Waals surface area contributed by atoms with Crippen molar-refractivity contribution < 1.29 is 9.59 Å². The molecule has 2 rings (SSSR count). The number of nitrogens with one attached hydrogen (secondary N) is 2. The maximum absolute atomic E-state index is 12.4. The van der Waals surface area contributed by atoms with E-state index >= 15 is 0 Å². The van der Waals surface area contributed by atoms with E-state index in [0.717, 1.165) is 22.4 Å². The summed E-state index contributed by atoms with van der Waals surface area (Å²) >= 11 is 12.1. The molecule has 7 heteroatoms. The zero-order valence-corrected chi connectivity index (χ0v) is 18.0. The second-order valence-corrected chi connectivity index (χ2v) is 7.70. The third-order valence-corrected chi connectivity index (χ3v) is 5.23. The summed E-state index contributed by atoms with van der Waals surface area (Å²) in [4.78, 5) is 26.5. The number of nitrogens with zero attached hydrogens (tertiary/aromatic N) is 1. The highest BCUT2D eigenvalue weighted by molar-refractivity contribution is 6.35. The van der Waals surface area contributed by atoms with Gasteiger partial charge in [0.1, 0.15) is 0 Å². The zero-order valence-electron chi connectivity index (χ0n) is 16.5. The Morgan fingerprint density at radius 3 is 2.36 bits per heavy atom. The van der Waals surface area contributed by atoms with Crippen LogP contribution in [-0.4, -0.2) is 36.3 Å². The molecule has 2 amide bonds. The summed E-state index contributed by atoms with van der Waals surface area (Å²) in [6.45, 7) is 6.04. The molecule has 5 nitrogen and oxygen atoms in total. The predicted molar refractivity (Wildman–Crippen MR) is 115 cm³/mol. The fraction of sp³-hybridized carbons (Fsp3) is 0.333. The van der Waals surface area contributed by atoms with E-state index in [9.17, 15) is 9.59 Å². The van der Waals surface area contributed by atoms with Crippen LogP contribution in [0.5, 0.6) is 0 Å². The van der Waals surface area contributed by atoms with Crippen molar-refractivity contribution in [1.82, 2.24) is 10.2 Å². The normalized spacial score (nSPS) is 12.0. The van der Waals surface area contributed by atoms with Gasteiger partial charge in [-0.15, -0.1) is 0 Å². The van der Waals surface area contributed by atoms with Crippen LogP contribution in [-0.2, 0) is 16.1 Å². The van der Waals surface area contributed by atoms with E-state index in [1.165, 1.54) is 0 Å². The van der Waals surface area contributed by atoms with Gasteiger partial charge in [0.2, 0.25) is 11.8 Å². The van der Waals surface area contributed by atoms with Gasteiger partial charge in [0.15, 0.2) is 0 Å². The molecule has 2 N–H and O–H groups in total. The largest absolute Gasteiger partial charge is 0.346 e. The summed E-state index contributed by atoms with van der Waals surface area (Å²) in [5, 5.41) is 6.66. The average molecular weight is 422 g/mol. The summed E-state index contributed by atoms with van der Waals surface area (Å²) in [7, 11) is 1.83. The molecule has 0 saturated heterocycles. The van der Waals surface area contributed by atoms with E-state index in [1.807, 2.05) is 50.1 Å². The zero-order chi connectivity index (χ0) is 20.8. The van der Waals surface area contributed by atoms with E-state index in [0.29, 0.717) is 16.6 Å². The first-order valence-electron chi connectivity index (χ1n) is 8.97. The number of hydrogen-bond acceptors (Lipinski definition) is 3. The molecule has 0 fully saturated rings. The van der Waals surface area contributed by atoms with Gasteiger partial charge in [0, 0.05) is 22.3 Å². The van der Waals surface area contributed by atoms with Crippen molar-refractivity contribution in [2.75, 3.05) is 18.9 Å². The van der Waals surface area contributed by atoms with Crippen LogP contribution in [0, 0.1) is 13.8 Å². The van der Waals surface area contributed by atoms with Crippen molar-refractivity contribution in [3.63, 3.8) is 0 Å². The number of hydrogen-bond donors (Lipinski definition) is 2. The van der Waals surface area contributed by atoms with Crippen LogP contribution in [0.25, 0.3) is 0 Å². The lowest BCUT2D eigenvalue weighted by Crippen LogP contribution is -2.45. The van der Waals surface area contributed by atoms with E-state index in [2.05, 4.69) is 10.6 Å². The second-order valence-electron chi connectivity index (χ2n) is 6.86. The number of para-hydroxylation sites is 1. The molecule has 0 bridgehead atoms. The lowest BCUT2D eigenvalue weighted by atomic mass is 10.1. The maximum atomic E-state index is 12.4. The highest BCUT2D eigenvalue weighted by Crippen LogP contribution is 2.22. The molecule has 0 spiro atoms. The summed E-state index contributed by atoms with van der Waals surface area (Å²) in [6, 6.07) is 10.6. The Labute approximate surface area is 176 Å². The molecule has 0 aliphatic heterocycles. The van der Waals surface area contributed by atoms with Crippen molar-refractivity contribution in [2.45, 2.75) is 33.4 Å². The molecular weight excluding hydrogens is 397 g/mol. The topological polar surface area (TPSA) is 61.4 Å². The van der Waals surface area contributed by atoms with Crippen molar-refractivity contribution in [3.8, 4) is 0 Å². The first-order valence-corrected chi connectivity index (χ1v) is 9.72. The SMILES string of the molecule is Cc1cccc(C)c1NC(=O)CNC(=O)C(C)N(C)Cc1ccc(Cl)cc1Cl. The van der Waals surface area contributed by atoms with Crippen LogP contribution >= 0.6 is 23.2 Å². The van der Waals surface area contributed by atoms with Gasteiger partial charge in [-0.1, -0.05) is 47.5 Å². The minimum atomic E-state index is -0.431. The highest BCUT2D eigenvalue weighted by Gasteiger charge is 2.20. The Kier molecular flexibility index (Phi) is 7.87. The van der Waals surface area contributed by atoms with Crippen molar-refractivity contribution in [3.05, 3.63) is 63.1 Å². The number of rotatable bonds is 7. The van der Waals surface area contributed by atoms with Crippen LogP contribution in [0.15, 0.2) is 36.4 Å². The average Bonchev–Trinajstić information content (AvgIpc) is 2.64. The third-order valence-electron chi connectivity index (χ3n) is 4.64. The first-order chi connectivity index (χ1) is 13.2. The number of aryl methyl sites for hydroxylation is 2. The minimum Gasteiger partial charge on any atom is -0.346 e. The smallest absolute Gasteiger partial charge is 0.243 e. The fourth-order valence-electron chi connectivity index (χ4n) is 2.77. The Bertz CT molecular complexity index is 850. The van der Waals surface area contributed by atoms with Gasteiger partial charge in [-0.25, -0.2) is 0 Å². The van der Waals surface area contributed by atoms with Gasteiger partial charge in [-0.2, -0.15) is 0 Å². The van der Waals surface area contributed by atoms with Crippen molar-refractivity contribution in [2.24, 2.45) is 0 Å². The quantitative estimate of drug-likeness (QED) is 0.704. The van der Waals surface area contributed by atoms with Gasteiger partial charge in [-0.05, 0) is 56.6 Å². The number of carbonyl (C=O) groups excluding carboxylic acids is 2. The molecule has 1 atom stereocenters. The number of carbonyl (C=O) groups is 2.